The quantitative estimate of drug-likeness (QED) is 0.367. The van der Waals surface area contributed by atoms with E-state index in [9.17, 15) is 24.5 Å². The Labute approximate surface area is 189 Å². The van der Waals surface area contributed by atoms with Crippen LogP contribution in [0.4, 0.5) is 5.69 Å². The van der Waals surface area contributed by atoms with Crippen molar-refractivity contribution >= 4 is 34.3 Å². The van der Waals surface area contributed by atoms with Crippen molar-refractivity contribution in [3.8, 4) is 0 Å². The first-order valence-electron chi connectivity index (χ1n) is 10.9. The van der Waals surface area contributed by atoms with Gasteiger partial charge in [-0.2, -0.15) is 0 Å². The van der Waals surface area contributed by atoms with Crippen molar-refractivity contribution in [2.75, 3.05) is 19.6 Å². The fourth-order valence-electron chi connectivity index (χ4n) is 4.75. The van der Waals surface area contributed by atoms with E-state index in [1.165, 1.54) is 28.8 Å². The molecule has 168 valence electrons. The number of aromatic amines is 1. The van der Waals surface area contributed by atoms with E-state index in [1.54, 1.807) is 0 Å². The van der Waals surface area contributed by atoms with Gasteiger partial charge in [0.1, 0.15) is 0 Å². The SMILES string of the molecule is O=C(CCCN1C(=O)c2ccc([N+](=O)[O-])cc2C1=O)N1CCc2[nH]c3ccccc3c2CC1. The average Bonchev–Trinajstić information content (AvgIpc) is 3.18. The molecule has 0 bridgehead atoms. The molecule has 0 saturated carbocycles. The van der Waals surface area contributed by atoms with Crippen LogP contribution in [0, 0.1) is 10.1 Å². The highest BCUT2D eigenvalue weighted by atomic mass is 16.6. The van der Waals surface area contributed by atoms with Crippen molar-refractivity contribution in [2.24, 2.45) is 0 Å². The van der Waals surface area contributed by atoms with Gasteiger partial charge >= 0.3 is 0 Å². The predicted octanol–water partition coefficient (Wildman–Crippen LogP) is 3.08. The molecule has 3 aromatic rings. The van der Waals surface area contributed by atoms with Gasteiger partial charge in [-0.15, -0.1) is 0 Å². The number of aromatic nitrogens is 1. The highest BCUT2D eigenvalue weighted by Gasteiger charge is 2.36. The molecule has 0 unspecified atom stereocenters. The van der Waals surface area contributed by atoms with Crippen molar-refractivity contribution < 1.29 is 19.3 Å². The van der Waals surface area contributed by atoms with Crippen LogP contribution in [0.1, 0.15) is 44.8 Å². The first kappa shape index (κ1) is 20.9. The second kappa shape index (κ2) is 8.16. The van der Waals surface area contributed by atoms with Crippen LogP contribution in [0.2, 0.25) is 0 Å². The van der Waals surface area contributed by atoms with Gasteiger partial charge in [0.25, 0.3) is 17.5 Å². The van der Waals surface area contributed by atoms with E-state index in [1.807, 2.05) is 17.0 Å². The second-order valence-corrected chi connectivity index (χ2v) is 8.36. The largest absolute Gasteiger partial charge is 0.358 e. The number of non-ortho nitro benzene ring substituents is 1. The highest BCUT2D eigenvalue weighted by Crippen LogP contribution is 2.28. The number of amides is 3. The van der Waals surface area contributed by atoms with Crippen molar-refractivity contribution in [1.29, 1.82) is 0 Å². The number of imide groups is 1. The summed E-state index contributed by atoms with van der Waals surface area (Å²) in [5.74, 6) is -1.03. The number of hydrogen-bond acceptors (Lipinski definition) is 5. The standard InChI is InChI=1S/C24H22N4O5/c29-22(26-12-9-17-16-4-1-2-5-20(16)25-21(17)10-13-26)6-3-11-27-23(30)18-8-7-15(28(32)33)14-19(18)24(27)31/h1-2,4-5,7-8,14,25H,3,6,9-13H2. The molecule has 5 rings (SSSR count). The molecule has 1 aromatic heterocycles. The zero-order valence-corrected chi connectivity index (χ0v) is 17.9. The number of nitrogens with one attached hydrogen (secondary N) is 1. The number of benzene rings is 2. The molecule has 0 aliphatic carbocycles. The van der Waals surface area contributed by atoms with Crippen LogP contribution in [0.5, 0.6) is 0 Å². The van der Waals surface area contributed by atoms with E-state index in [2.05, 4.69) is 17.1 Å². The molecule has 1 N–H and O–H groups in total. The summed E-state index contributed by atoms with van der Waals surface area (Å²) in [5.41, 5.74) is 3.53. The first-order valence-corrected chi connectivity index (χ1v) is 10.9. The minimum absolute atomic E-state index is 0.00305. The lowest BCUT2D eigenvalue weighted by Crippen LogP contribution is -2.35. The molecule has 33 heavy (non-hydrogen) atoms. The Bertz CT molecular complexity index is 1310. The molecule has 0 radical (unpaired) electrons. The second-order valence-electron chi connectivity index (χ2n) is 8.36. The maximum atomic E-state index is 12.8. The summed E-state index contributed by atoms with van der Waals surface area (Å²) >= 11 is 0. The van der Waals surface area contributed by atoms with E-state index in [0.29, 0.717) is 19.5 Å². The van der Waals surface area contributed by atoms with Crippen LogP contribution < -0.4 is 0 Å². The predicted molar refractivity (Wildman–Crippen MR) is 120 cm³/mol. The van der Waals surface area contributed by atoms with Crippen LogP contribution in [-0.2, 0) is 17.6 Å². The Hall–Kier alpha value is -4.01. The topological polar surface area (TPSA) is 117 Å². The van der Waals surface area contributed by atoms with Gasteiger partial charge in [-0.25, -0.2) is 0 Å². The Morgan fingerprint density at radius 2 is 1.79 bits per heavy atom. The molecule has 2 aliphatic rings. The Morgan fingerprint density at radius 1 is 1.03 bits per heavy atom. The number of H-pyrrole nitrogens is 1. The van der Waals surface area contributed by atoms with Crippen molar-refractivity contribution in [1.82, 2.24) is 14.8 Å². The van der Waals surface area contributed by atoms with Crippen molar-refractivity contribution in [3.05, 3.63) is 75.0 Å². The van der Waals surface area contributed by atoms with Gasteiger partial charge in [-0.05, 0) is 30.5 Å². The summed E-state index contributed by atoms with van der Waals surface area (Å²) in [6.45, 7) is 1.35. The van der Waals surface area contributed by atoms with Gasteiger partial charge in [-0.1, -0.05) is 18.2 Å². The number of rotatable bonds is 5. The molecular weight excluding hydrogens is 424 g/mol. The molecular formula is C24H22N4O5. The maximum Gasteiger partial charge on any atom is 0.270 e. The molecule has 3 amide bonds. The molecule has 0 atom stereocenters. The normalized spacial score (nSPS) is 15.5. The minimum atomic E-state index is -0.598. The summed E-state index contributed by atoms with van der Waals surface area (Å²) in [7, 11) is 0. The summed E-state index contributed by atoms with van der Waals surface area (Å²) in [5, 5.41) is 12.2. The lowest BCUT2D eigenvalue weighted by Gasteiger charge is -2.21. The van der Waals surface area contributed by atoms with Gasteiger partial charge in [0.15, 0.2) is 0 Å². The van der Waals surface area contributed by atoms with E-state index < -0.39 is 16.7 Å². The Morgan fingerprint density at radius 3 is 2.61 bits per heavy atom. The summed E-state index contributed by atoms with van der Waals surface area (Å²) in [6, 6.07) is 11.8. The number of hydrogen-bond donors (Lipinski definition) is 1. The number of nitrogens with zero attached hydrogens (tertiary/aromatic N) is 3. The zero-order valence-electron chi connectivity index (χ0n) is 17.9. The van der Waals surface area contributed by atoms with E-state index >= 15 is 0 Å². The van der Waals surface area contributed by atoms with Crippen molar-refractivity contribution in [3.63, 3.8) is 0 Å². The first-order chi connectivity index (χ1) is 15.9. The van der Waals surface area contributed by atoms with Crippen LogP contribution in [0.15, 0.2) is 42.5 Å². The number of para-hydroxylation sites is 1. The number of carbonyl (C=O) groups is 3. The third kappa shape index (κ3) is 3.65. The highest BCUT2D eigenvalue weighted by molar-refractivity contribution is 6.21. The van der Waals surface area contributed by atoms with Crippen molar-refractivity contribution in [2.45, 2.75) is 25.7 Å². The smallest absolute Gasteiger partial charge is 0.270 e. The van der Waals surface area contributed by atoms with Gasteiger partial charge in [-0.3, -0.25) is 29.4 Å². The number of carbonyl (C=O) groups excluding carboxylic acids is 3. The van der Waals surface area contributed by atoms with Crippen LogP contribution >= 0.6 is 0 Å². The van der Waals surface area contributed by atoms with Gasteiger partial charge < -0.3 is 9.88 Å². The molecule has 3 heterocycles. The monoisotopic (exact) mass is 446 g/mol. The van der Waals surface area contributed by atoms with Crippen LogP contribution in [-0.4, -0.2) is 57.1 Å². The van der Waals surface area contributed by atoms with Gasteiger partial charge in [0, 0.05) is 61.2 Å². The number of fused-ring (bicyclic) bond motifs is 4. The van der Waals surface area contributed by atoms with Crippen LogP contribution in [0.25, 0.3) is 10.9 Å². The number of nitro groups is 1. The average molecular weight is 446 g/mol. The maximum absolute atomic E-state index is 12.8. The molecule has 2 aromatic carbocycles. The molecule has 2 aliphatic heterocycles. The summed E-state index contributed by atoms with van der Waals surface area (Å²) in [6.07, 6.45) is 2.11. The Balaban J connectivity index is 1.18. The van der Waals surface area contributed by atoms with Crippen LogP contribution in [0.3, 0.4) is 0 Å². The third-order valence-corrected chi connectivity index (χ3v) is 6.46. The van der Waals surface area contributed by atoms with E-state index in [-0.39, 0.29) is 35.7 Å². The summed E-state index contributed by atoms with van der Waals surface area (Å²) in [4.78, 5) is 54.7. The van der Waals surface area contributed by atoms with E-state index in [4.69, 9.17) is 0 Å². The Kier molecular flexibility index (Phi) is 5.16. The molecule has 0 spiro atoms. The fraction of sp³-hybridized carbons (Fsp3) is 0.292. The van der Waals surface area contributed by atoms with Gasteiger partial charge in [0.2, 0.25) is 5.91 Å². The lowest BCUT2D eigenvalue weighted by molar-refractivity contribution is -0.384. The summed E-state index contributed by atoms with van der Waals surface area (Å²) < 4.78 is 0. The fourth-order valence-corrected chi connectivity index (χ4v) is 4.75. The van der Waals surface area contributed by atoms with E-state index in [0.717, 1.165) is 29.3 Å². The minimum Gasteiger partial charge on any atom is -0.358 e. The molecule has 0 saturated heterocycles. The number of nitro benzene ring substituents is 1. The van der Waals surface area contributed by atoms with Gasteiger partial charge in [0.05, 0.1) is 16.1 Å². The lowest BCUT2D eigenvalue weighted by atomic mass is 10.1. The zero-order chi connectivity index (χ0) is 23.1. The molecule has 9 nitrogen and oxygen atoms in total. The molecule has 0 fully saturated rings. The molecule has 9 heteroatoms. The third-order valence-electron chi connectivity index (χ3n) is 6.46.